The van der Waals surface area contributed by atoms with Gasteiger partial charge in [0.1, 0.15) is 0 Å². The van der Waals surface area contributed by atoms with Crippen molar-refractivity contribution in [3.05, 3.63) is 29.3 Å². The lowest BCUT2D eigenvalue weighted by molar-refractivity contribution is 0.0181. The minimum Gasteiger partial charge on any atom is -0.374 e. The summed E-state index contributed by atoms with van der Waals surface area (Å²) < 4.78 is 5.85. The Balaban J connectivity index is 1.45. The lowest BCUT2D eigenvalue weighted by atomic mass is 10.00. The van der Waals surface area contributed by atoms with E-state index in [1.165, 1.54) is 31.4 Å². The van der Waals surface area contributed by atoms with E-state index in [4.69, 9.17) is 16.3 Å². The summed E-state index contributed by atoms with van der Waals surface area (Å²) >= 11 is 5.95. The van der Waals surface area contributed by atoms with E-state index in [9.17, 15) is 0 Å². The van der Waals surface area contributed by atoms with Crippen LogP contribution in [0.4, 0.5) is 5.69 Å². The molecule has 0 radical (unpaired) electrons. The van der Waals surface area contributed by atoms with Crippen LogP contribution >= 0.6 is 11.6 Å². The third kappa shape index (κ3) is 3.91. The van der Waals surface area contributed by atoms with Crippen molar-refractivity contribution in [3.8, 4) is 0 Å². The molecule has 1 N–H and O–H groups in total. The second-order valence-electron chi connectivity index (χ2n) is 6.52. The maximum atomic E-state index is 5.95. The fraction of sp³-hybridized carbons (Fsp3) is 0.647. The van der Waals surface area contributed by atoms with Crippen LogP contribution in [0.3, 0.4) is 0 Å². The number of hydrogen-bond donors (Lipinski definition) is 1. The number of nitrogens with one attached hydrogen (secondary N) is 1. The third-order valence-electron chi connectivity index (χ3n) is 4.75. The van der Waals surface area contributed by atoms with Gasteiger partial charge in [-0.1, -0.05) is 11.6 Å². The van der Waals surface area contributed by atoms with Gasteiger partial charge in [-0.05, 0) is 56.9 Å². The first-order chi connectivity index (χ1) is 10.1. The van der Waals surface area contributed by atoms with Crippen molar-refractivity contribution in [1.82, 2.24) is 5.32 Å². The van der Waals surface area contributed by atoms with E-state index in [2.05, 4.69) is 29.3 Å². The van der Waals surface area contributed by atoms with Gasteiger partial charge in [0.2, 0.25) is 0 Å². The summed E-state index contributed by atoms with van der Waals surface area (Å²) in [6.45, 7) is 6.36. The fourth-order valence-corrected chi connectivity index (χ4v) is 3.46. The number of hydrogen-bond acceptors (Lipinski definition) is 3. The van der Waals surface area contributed by atoms with Crippen LogP contribution in [0.5, 0.6) is 0 Å². The second kappa shape index (κ2) is 6.55. The molecule has 2 heterocycles. The third-order valence-corrected chi connectivity index (χ3v) is 5.00. The Morgan fingerprint density at radius 3 is 2.62 bits per heavy atom. The van der Waals surface area contributed by atoms with Crippen molar-refractivity contribution in [1.29, 1.82) is 0 Å². The second-order valence-corrected chi connectivity index (χ2v) is 6.96. The molecule has 4 heteroatoms. The Morgan fingerprint density at radius 1 is 1.29 bits per heavy atom. The molecule has 2 fully saturated rings. The first kappa shape index (κ1) is 15.1. The minimum absolute atomic E-state index is 0.0628. The van der Waals surface area contributed by atoms with E-state index in [0.29, 0.717) is 6.04 Å². The Morgan fingerprint density at radius 2 is 2.00 bits per heavy atom. The Kier molecular flexibility index (Phi) is 4.72. The van der Waals surface area contributed by atoms with Crippen LogP contribution in [0.1, 0.15) is 32.6 Å². The fourth-order valence-electron chi connectivity index (χ4n) is 3.33. The molecule has 1 aromatic carbocycles. The number of halogens is 1. The predicted molar refractivity (Wildman–Crippen MR) is 88.3 cm³/mol. The van der Waals surface area contributed by atoms with Gasteiger partial charge in [-0.15, -0.1) is 0 Å². The maximum absolute atomic E-state index is 5.95. The molecule has 2 aliphatic heterocycles. The monoisotopic (exact) mass is 308 g/mol. The van der Waals surface area contributed by atoms with Gasteiger partial charge in [0.25, 0.3) is 0 Å². The molecule has 1 unspecified atom stereocenters. The molecule has 2 saturated heterocycles. The minimum atomic E-state index is 0.0628. The molecule has 0 aromatic heterocycles. The molecule has 2 aliphatic rings. The van der Waals surface area contributed by atoms with Gasteiger partial charge < -0.3 is 15.0 Å². The van der Waals surface area contributed by atoms with E-state index in [1.807, 2.05) is 12.1 Å². The van der Waals surface area contributed by atoms with Crippen LogP contribution in [0, 0.1) is 0 Å². The van der Waals surface area contributed by atoms with Gasteiger partial charge in [0, 0.05) is 43.0 Å². The highest BCUT2D eigenvalue weighted by atomic mass is 35.5. The number of nitrogens with zero attached hydrogens (tertiary/aromatic N) is 1. The number of rotatable bonds is 4. The van der Waals surface area contributed by atoms with Gasteiger partial charge in [0.15, 0.2) is 0 Å². The molecule has 3 nitrogen and oxygen atoms in total. The predicted octanol–water partition coefficient (Wildman–Crippen LogP) is 3.47. The molecular formula is C17H25ClN2O. The zero-order chi connectivity index (χ0) is 14.7. The van der Waals surface area contributed by atoms with E-state index >= 15 is 0 Å². The highest BCUT2D eigenvalue weighted by Crippen LogP contribution is 2.25. The first-order valence-corrected chi connectivity index (χ1v) is 8.40. The summed E-state index contributed by atoms with van der Waals surface area (Å²) in [5.41, 5.74) is 1.34. The summed E-state index contributed by atoms with van der Waals surface area (Å²) in [5, 5.41) is 4.52. The Labute approximate surface area is 132 Å². The maximum Gasteiger partial charge on any atom is 0.0779 e. The topological polar surface area (TPSA) is 24.5 Å². The molecule has 1 aromatic rings. The van der Waals surface area contributed by atoms with Crippen LogP contribution in [0.25, 0.3) is 0 Å². The molecule has 0 saturated carbocycles. The molecule has 1 atom stereocenters. The van der Waals surface area contributed by atoms with Crippen molar-refractivity contribution in [2.45, 2.75) is 44.2 Å². The van der Waals surface area contributed by atoms with Gasteiger partial charge in [-0.2, -0.15) is 0 Å². The normalized spacial score (nSPS) is 27.2. The van der Waals surface area contributed by atoms with Crippen molar-refractivity contribution in [2.75, 3.05) is 31.1 Å². The molecule has 0 bridgehead atoms. The van der Waals surface area contributed by atoms with E-state index in [1.54, 1.807) is 0 Å². The molecular weight excluding hydrogens is 284 g/mol. The molecule has 0 aliphatic carbocycles. The SMILES string of the molecule is CC1(CNC2CCN(c3ccc(Cl)cc3)CC2)CCCO1. The number of piperidine rings is 1. The number of ether oxygens (including phenoxy) is 1. The van der Waals surface area contributed by atoms with Crippen molar-refractivity contribution in [3.63, 3.8) is 0 Å². The standard InChI is InChI=1S/C17H25ClN2O/c1-17(9-2-12-21-17)13-19-15-7-10-20(11-8-15)16-5-3-14(18)4-6-16/h3-6,15,19H,2,7-13H2,1H3. The molecule has 116 valence electrons. The summed E-state index contributed by atoms with van der Waals surface area (Å²) in [5.74, 6) is 0. The van der Waals surface area contributed by atoms with Gasteiger partial charge >= 0.3 is 0 Å². The lowest BCUT2D eigenvalue weighted by Crippen LogP contribution is -2.47. The summed E-state index contributed by atoms with van der Waals surface area (Å²) in [6, 6.07) is 8.79. The van der Waals surface area contributed by atoms with Crippen molar-refractivity contribution in [2.24, 2.45) is 0 Å². The zero-order valence-electron chi connectivity index (χ0n) is 12.8. The largest absolute Gasteiger partial charge is 0.374 e. The summed E-state index contributed by atoms with van der Waals surface area (Å²) in [6.07, 6.45) is 4.77. The van der Waals surface area contributed by atoms with E-state index in [0.717, 1.165) is 31.3 Å². The lowest BCUT2D eigenvalue weighted by Gasteiger charge is -2.35. The molecule has 0 amide bonds. The number of anilines is 1. The quantitative estimate of drug-likeness (QED) is 0.922. The van der Waals surface area contributed by atoms with Crippen LogP contribution < -0.4 is 10.2 Å². The van der Waals surface area contributed by atoms with E-state index in [-0.39, 0.29) is 5.60 Å². The smallest absolute Gasteiger partial charge is 0.0779 e. The summed E-state index contributed by atoms with van der Waals surface area (Å²) in [4.78, 5) is 2.45. The van der Waals surface area contributed by atoms with Crippen LogP contribution in [-0.2, 0) is 4.74 Å². The van der Waals surface area contributed by atoms with E-state index < -0.39 is 0 Å². The molecule has 0 spiro atoms. The Hall–Kier alpha value is -0.770. The van der Waals surface area contributed by atoms with Gasteiger partial charge in [-0.25, -0.2) is 0 Å². The zero-order valence-corrected chi connectivity index (χ0v) is 13.5. The van der Waals surface area contributed by atoms with Crippen molar-refractivity contribution < 1.29 is 4.74 Å². The Bertz CT molecular complexity index is 448. The van der Waals surface area contributed by atoms with Gasteiger partial charge in [-0.3, -0.25) is 0 Å². The highest BCUT2D eigenvalue weighted by molar-refractivity contribution is 6.30. The average Bonchev–Trinajstić information content (AvgIpc) is 2.94. The van der Waals surface area contributed by atoms with Gasteiger partial charge in [0.05, 0.1) is 5.60 Å². The first-order valence-electron chi connectivity index (χ1n) is 8.03. The van der Waals surface area contributed by atoms with Crippen molar-refractivity contribution >= 4 is 17.3 Å². The highest BCUT2D eigenvalue weighted by Gasteiger charge is 2.30. The van der Waals surface area contributed by atoms with Crippen LogP contribution in [-0.4, -0.2) is 37.9 Å². The molecule has 21 heavy (non-hydrogen) atoms. The van der Waals surface area contributed by atoms with Crippen LogP contribution in [0.15, 0.2) is 24.3 Å². The van der Waals surface area contributed by atoms with Crippen LogP contribution in [0.2, 0.25) is 5.02 Å². The average molecular weight is 309 g/mol. The summed E-state index contributed by atoms with van der Waals surface area (Å²) in [7, 11) is 0. The number of benzene rings is 1. The molecule has 3 rings (SSSR count).